The Labute approximate surface area is 131 Å². The van der Waals surface area contributed by atoms with Crippen LogP contribution in [0.2, 0.25) is 5.02 Å². The van der Waals surface area contributed by atoms with E-state index in [0.717, 1.165) is 28.6 Å². The van der Waals surface area contributed by atoms with E-state index in [1.165, 1.54) is 5.56 Å². The maximum Gasteiger partial charge on any atom is 0.118 e. The number of ether oxygens (including phenoxy) is 1. The fraction of sp³-hybridized carbons (Fsp3) is 0.294. The van der Waals surface area contributed by atoms with Crippen molar-refractivity contribution in [2.45, 2.75) is 19.5 Å². The van der Waals surface area contributed by atoms with Crippen LogP contribution in [-0.4, -0.2) is 14.2 Å². The molecule has 2 aromatic rings. The van der Waals surface area contributed by atoms with Crippen molar-refractivity contribution in [2.75, 3.05) is 19.1 Å². The fourth-order valence-electron chi connectivity index (χ4n) is 2.21. The minimum absolute atomic E-state index is 0.0107. The first kappa shape index (κ1) is 15.7. The number of nitrogens with two attached hydrogens (primary N) is 1. The lowest BCUT2D eigenvalue weighted by molar-refractivity contribution is 0.414. The normalized spacial score (nSPS) is 12.0. The van der Waals surface area contributed by atoms with Gasteiger partial charge in [-0.05, 0) is 42.3 Å². The van der Waals surface area contributed by atoms with Crippen molar-refractivity contribution < 1.29 is 4.74 Å². The summed E-state index contributed by atoms with van der Waals surface area (Å²) in [6, 6.07) is 14.0. The monoisotopic (exact) mass is 304 g/mol. The van der Waals surface area contributed by atoms with Gasteiger partial charge in [0.05, 0.1) is 17.8 Å². The van der Waals surface area contributed by atoms with E-state index in [-0.39, 0.29) is 6.04 Å². The van der Waals surface area contributed by atoms with Crippen LogP contribution in [0.3, 0.4) is 0 Å². The maximum atomic E-state index is 6.37. The van der Waals surface area contributed by atoms with Gasteiger partial charge in [0.15, 0.2) is 0 Å². The lowest BCUT2D eigenvalue weighted by atomic mass is 10.1. The molecule has 0 aliphatic carbocycles. The third-order valence-electron chi connectivity index (χ3n) is 3.49. The standard InChI is InChI=1S/C17H21ClN2O/c1-12(19)14-6-9-17(16(18)10-14)20(2)11-13-4-7-15(21-3)8-5-13/h4-10,12H,11,19H2,1-3H3. The molecule has 4 heteroatoms. The molecule has 0 radical (unpaired) electrons. The van der Waals surface area contributed by atoms with Crippen molar-refractivity contribution in [1.29, 1.82) is 0 Å². The summed E-state index contributed by atoms with van der Waals surface area (Å²) in [5.74, 6) is 0.862. The van der Waals surface area contributed by atoms with Crippen molar-refractivity contribution >= 4 is 17.3 Å². The minimum atomic E-state index is -0.0107. The second-order valence-corrected chi connectivity index (χ2v) is 5.61. The Morgan fingerprint density at radius 1 is 1.19 bits per heavy atom. The van der Waals surface area contributed by atoms with Crippen LogP contribution in [0.4, 0.5) is 5.69 Å². The second-order valence-electron chi connectivity index (χ2n) is 5.20. The molecule has 112 valence electrons. The van der Waals surface area contributed by atoms with E-state index in [2.05, 4.69) is 17.0 Å². The van der Waals surface area contributed by atoms with Crippen LogP contribution >= 0.6 is 11.6 Å². The van der Waals surface area contributed by atoms with Gasteiger partial charge < -0.3 is 15.4 Å². The summed E-state index contributed by atoms with van der Waals surface area (Å²) in [7, 11) is 3.69. The Bertz CT molecular complexity index is 596. The van der Waals surface area contributed by atoms with E-state index in [0.29, 0.717) is 0 Å². The number of nitrogens with zero attached hydrogens (tertiary/aromatic N) is 1. The SMILES string of the molecule is COc1ccc(CN(C)c2ccc(C(C)N)cc2Cl)cc1. The third-order valence-corrected chi connectivity index (χ3v) is 3.79. The van der Waals surface area contributed by atoms with Crippen molar-refractivity contribution in [2.24, 2.45) is 5.73 Å². The molecule has 0 heterocycles. The maximum absolute atomic E-state index is 6.37. The summed E-state index contributed by atoms with van der Waals surface area (Å²) in [5.41, 5.74) is 9.12. The van der Waals surface area contributed by atoms with Crippen LogP contribution in [0.1, 0.15) is 24.1 Å². The van der Waals surface area contributed by atoms with Gasteiger partial charge in [0.2, 0.25) is 0 Å². The molecule has 3 nitrogen and oxygen atoms in total. The molecule has 2 N–H and O–H groups in total. The van der Waals surface area contributed by atoms with Gasteiger partial charge in [-0.15, -0.1) is 0 Å². The van der Waals surface area contributed by atoms with Crippen LogP contribution in [0.15, 0.2) is 42.5 Å². The van der Waals surface area contributed by atoms with E-state index in [1.807, 2.05) is 44.3 Å². The van der Waals surface area contributed by atoms with Gasteiger partial charge >= 0.3 is 0 Å². The average Bonchev–Trinajstić information content (AvgIpc) is 2.47. The second kappa shape index (κ2) is 6.83. The zero-order valence-corrected chi connectivity index (χ0v) is 13.4. The minimum Gasteiger partial charge on any atom is -0.497 e. The molecule has 21 heavy (non-hydrogen) atoms. The van der Waals surface area contributed by atoms with Crippen LogP contribution < -0.4 is 15.4 Å². The number of anilines is 1. The molecule has 0 amide bonds. The molecule has 1 unspecified atom stereocenters. The van der Waals surface area contributed by atoms with E-state index >= 15 is 0 Å². The molecule has 0 bridgehead atoms. The Morgan fingerprint density at radius 3 is 2.38 bits per heavy atom. The first-order valence-corrected chi connectivity index (χ1v) is 7.28. The highest BCUT2D eigenvalue weighted by atomic mass is 35.5. The van der Waals surface area contributed by atoms with E-state index in [9.17, 15) is 0 Å². The van der Waals surface area contributed by atoms with Crippen LogP contribution in [0.5, 0.6) is 5.75 Å². The molecule has 0 spiro atoms. The van der Waals surface area contributed by atoms with Crippen molar-refractivity contribution in [1.82, 2.24) is 0 Å². The summed E-state index contributed by atoms with van der Waals surface area (Å²) in [6.45, 7) is 2.73. The molecule has 0 fully saturated rings. The molecule has 0 saturated heterocycles. The molecule has 1 atom stereocenters. The Morgan fingerprint density at radius 2 is 1.86 bits per heavy atom. The van der Waals surface area contributed by atoms with Crippen molar-refractivity contribution in [3.63, 3.8) is 0 Å². The predicted molar refractivity (Wildman–Crippen MR) is 89.2 cm³/mol. The van der Waals surface area contributed by atoms with Crippen molar-refractivity contribution in [3.05, 3.63) is 58.6 Å². The summed E-state index contributed by atoms with van der Waals surface area (Å²) < 4.78 is 5.17. The highest BCUT2D eigenvalue weighted by Gasteiger charge is 2.09. The van der Waals surface area contributed by atoms with Gasteiger partial charge in [0.1, 0.15) is 5.75 Å². The number of rotatable bonds is 5. The van der Waals surface area contributed by atoms with Gasteiger partial charge in [-0.3, -0.25) is 0 Å². The summed E-state index contributed by atoms with van der Waals surface area (Å²) in [4.78, 5) is 2.12. The smallest absolute Gasteiger partial charge is 0.118 e. The number of hydrogen-bond acceptors (Lipinski definition) is 3. The van der Waals surface area contributed by atoms with E-state index < -0.39 is 0 Å². The lowest BCUT2D eigenvalue weighted by Gasteiger charge is -2.22. The number of methoxy groups -OCH3 is 1. The quantitative estimate of drug-likeness (QED) is 0.907. The lowest BCUT2D eigenvalue weighted by Crippen LogP contribution is -2.17. The van der Waals surface area contributed by atoms with Crippen LogP contribution in [0.25, 0.3) is 0 Å². The first-order chi connectivity index (χ1) is 10.0. The summed E-state index contributed by atoms with van der Waals surface area (Å²) in [6.07, 6.45) is 0. The van der Waals surface area contributed by atoms with Gasteiger partial charge in [-0.1, -0.05) is 29.8 Å². The number of halogens is 1. The molecule has 0 saturated carbocycles. The molecule has 0 aliphatic heterocycles. The van der Waals surface area contributed by atoms with Crippen molar-refractivity contribution in [3.8, 4) is 5.75 Å². The Kier molecular flexibility index (Phi) is 5.10. The van der Waals surface area contributed by atoms with Crippen LogP contribution in [-0.2, 0) is 6.54 Å². The third kappa shape index (κ3) is 3.90. The molecular formula is C17H21ClN2O. The van der Waals surface area contributed by atoms with E-state index in [1.54, 1.807) is 7.11 Å². The highest BCUT2D eigenvalue weighted by molar-refractivity contribution is 6.33. The van der Waals surface area contributed by atoms with Gasteiger partial charge in [0.25, 0.3) is 0 Å². The molecular weight excluding hydrogens is 284 g/mol. The van der Waals surface area contributed by atoms with Gasteiger partial charge in [0, 0.05) is 19.6 Å². The molecule has 0 aromatic heterocycles. The molecule has 0 aliphatic rings. The summed E-state index contributed by atoms with van der Waals surface area (Å²) >= 11 is 6.37. The van der Waals surface area contributed by atoms with E-state index in [4.69, 9.17) is 22.1 Å². The Hall–Kier alpha value is -1.71. The predicted octanol–water partition coefficient (Wildman–Crippen LogP) is 4.00. The number of hydrogen-bond donors (Lipinski definition) is 1. The van der Waals surface area contributed by atoms with Crippen LogP contribution in [0, 0.1) is 0 Å². The molecule has 2 aromatic carbocycles. The highest BCUT2D eigenvalue weighted by Crippen LogP contribution is 2.29. The fourth-order valence-corrected chi connectivity index (χ4v) is 2.54. The molecule has 2 rings (SSSR count). The first-order valence-electron chi connectivity index (χ1n) is 6.90. The zero-order chi connectivity index (χ0) is 15.4. The largest absolute Gasteiger partial charge is 0.497 e. The van der Waals surface area contributed by atoms with Gasteiger partial charge in [-0.2, -0.15) is 0 Å². The van der Waals surface area contributed by atoms with Gasteiger partial charge in [-0.25, -0.2) is 0 Å². The summed E-state index contributed by atoms with van der Waals surface area (Å²) in [5, 5.41) is 0.723. The topological polar surface area (TPSA) is 38.5 Å². The zero-order valence-electron chi connectivity index (χ0n) is 12.6. The average molecular weight is 305 g/mol. The number of benzene rings is 2. The Balaban J connectivity index is 2.13.